The Balaban J connectivity index is 1.20. The Morgan fingerprint density at radius 3 is 2.79 bits per heavy atom. The van der Waals surface area contributed by atoms with E-state index >= 15 is 0 Å². The number of carbonyl (C=O) groups excluding carboxylic acids is 1. The molecule has 0 spiro atoms. The average Bonchev–Trinajstić information content (AvgIpc) is 3.00. The van der Waals surface area contributed by atoms with Gasteiger partial charge >= 0.3 is 0 Å². The molecule has 0 aliphatic heterocycles. The van der Waals surface area contributed by atoms with Crippen LogP contribution in [0.4, 0.5) is 10.2 Å². The van der Waals surface area contributed by atoms with Gasteiger partial charge in [0, 0.05) is 29.3 Å². The maximum Gasteiger partial charge on any atom is 0.228 e. The van der Waals surface area contributed by atoms with Crippen molar-refractivity contribution in [2.24, 2.45) is 23.7 Å². The number of ether oxygens (including phenoxy) is 1. The highest BCUT2D eigenvalue weighted by Gasteiger charge is 2.59. The number of hydrogen-bond acceptors (Lipinski definition) is 4. The predicted octanol–water partition coefficient (Wildman–Crippen LogP) is 4.08. The number of fused-ring (bicyclic) bond motifs is 2. The third-order valence-corrected chi connectivity index (χ3v) is 6.37. The molecule has 1 amide bonds. The molecule has 5 atom stereocenters. The van der Waals surface area contributed by atoms with E-state index < -0.39 is 0 Å². The molecule has 0 radical (unpaired) electrons. The third kappa shape index (κ3) is 3.34. The van der Waals surface area contributed by atoms with Crippen molar-refractivity contribution >= 4 is 22.6 Å². The van der Waals surface area contributed by atoms with Gasteiger partial charge in [0.25, 0.3) is 0 Å². The summed E-state index contributed by atoms with van der Waals surface area (Å²) in [4.78, 5) is 16.8. The Morgan fingerprint density at radius 2 is 2.07 bits per heavy atom. The summed E-state index contributed by atoms with van der Waals surface area (Å²) in [5.41, 5.74) is 1.64. The topological polar surface area (TPSA) is 79.9 Å². The summed E-state index contributed by atoms with van der Waals surface area (Å²) in [6.45, 7) is 3.89. The number of rotatable bonds is 5. The number of benzene rings is 1. The first-order chi connectivity index (χ1) is 14.0. The number of hydrogen-bond donors (Lipinski definition) is 2. The molecule has 2 N–H and O–H groups in total. The van der Waals surface area contributed by atoms with Gasteiger partial charge in [-0.25, -0.2) is 4.39 Å². The zero-order valence-electron chi connectivity index (χ0n) is 16.4. The fourth-order valence-corrected chi connectivity index (χ4v) is 4.95. The van der Waals surface area contributed by atoms with Crippen LogP contribution in [0.2, 0.25) is 0 Å². The van der Waals surface area contributed by atoms with Crippen LogP contribution in [-0.4, -0.2) is 27.2 Å². The Bertz CT molecular complexity index is 1070. The van der Waals surface area contributed by atoms with E-state index in [9.17, 15) is 9.18 Å². The smallest absolute Gasteiger partial charge is 0.228 e. The maximum atomic E-state index is 13.6. The van der Waals surface area contributed by atoms with Gasteiger partial charge in [0.2, 0.25) is 5.91 Å². The molecule has 2 heterocycles. The molecular weight excluding hydrogens is 371 g/mol. The van der Waals surface area contributed by atoms with Gasteiger partial charge in [-0.3, -0.25) is 14.9 Å². The van der Waals surface area contributed by atoms with Crippen LogP contribution in [0.25, 0.3) is 10.9 Å². The quantitative estimate of drug-likeness (QED) is 0.683. The highest BCUT2D eigenvalue weighted by atomic mass is 19.1. The molecule has 2 saturated carbocycles. The van der Waals surface area contributed by atoms with Crippen LogP contribution in [0.15, 0.2) is 36.5 Å². The normalized spacial score (nSPS) is 26.2. The SMILES string of the molecule is Cc1cc(NC(=O)C(C)C2[C@H]3CC(Oc4ccnc5ccc(F)cc45)C[C@@H]23)n[nH]1. The molecule has 7 heteroatoms. The van der Waals surface area contributed by atoms with Gasteiger partial charge in [0.1, 0.15) is 11.6 Å². The molecular formula is C22H23FN4O2. The standard InChI is InChI=1S/C22H23FN4O2/c1-11-7-20(27-26-11)25-22(28)12(2)21-15-9-14(10-16(15)21)29-19-5-6-24-18-4-3-13(23)8-17(18)19/h3-8,12,14-16,21H,9-10H2,1-2H3,(H2,25,26,27,28)/t12?,14?,15-,16+,21?. The summed E-state index contributed by atoms with van der Waals surface area (Å²) in [5, 5.41) is 10.5. The fourth-order valence-electron chi connectivity index (χ4n) is 4.95. The van der Waals surface area contributed by atoms with E-state index in [1.807, 2.05) is 19.9 Å². The number of aromatic amines is 1. The molecule has 6 nitrogen and oxygen atoms in total. The number of H-pyrrole nitrogens is 1. The van der Waals surface area contributed by atoms with Gasteiger partial charge in [0.15, 0.2) is 5.82 Å². The van der Waals surface area contributed by atoms with Gasteiger partial charge in [0.05, 0.1) is 11.6 Å². The summed E-state index contributed by atoms with van der Waals surface area (Å²) < 4.78 is 19.9. The number of aryl methyl sites for hydroxylation is 1. The first-order valence-corrected chi connectivity index (χ1v) is 10.0. The largest absolute Gasteiger partial charge is 0.490 e. The van der Waals surface area contributed by atoms with Crippen molar-refractivity contribution in [1.82, 2.24) is 15.2 Å². The molecule has 1 aromatic carbocycles. The van der Waals surface area contributed by atoms with Crippen LogP contribution in [0.1, 0.15) is 25.5 Å². The van der Waals surface area contributed by atoms with E-state index in [1.54, 1.807) is 18.3 Å². The Kier molecular flexibility index (Phi) is 4.26. The van der Waals surface area contributed by atoms with E-state index in [2.05, 4.69) is 20.5 Å². The molecule has 5 rings (SSSR count). The van der Waals surface area contributed by atoms with Crippen molar-refractivity contribution in [3.05, 3.63) is 48.0 Å². The molecule has 29 heavy (non-hydrogen) atoms. The highest BCUT2D eigenvalue weighted by molar-refractivity contribution is 5.92. The predicted molar refractivity (Wildman–Crippen MR) is 107 cm³/mol. The zero-order chi connectivity index (χ0) is 20.1. The lowest BCUT2D eigenvalue weighted by atomic mass is 9.97. The summed E-state index contributed by atoms with van der Waals surface area (Å²) >= 11 is 0. The van der Waals surface area contributed by atoms with Crippen molar-refractivity contribution < 1.29 is 13.9 Å². The second-order valence-corrected chi connectivity index (χ2v) is 8.30. The number of nitrogens with zero attached hydrogens (tertiary/aromatic N) is 2. The van der Waals surface area contributed by atoms with Crippen LogP contribution < -0.4 is 10.1 Å². The second kappa shape index (κ2) is 6.83. The number of pyridine rings is 1. The Morgan fingerprint density at radius 1 is 1.28 bits per heavy atom. The summed E-state index contributed by atoms with van der Waals surface area (Å²) in [6.07, 6.45) is 3.64. The van der Waals surface area contributed by atoms with Crippen LogP contribution in [0.3, 0.4) is 0 Å². The lowest BCUT2D eigenvalue weighted by Gasteiger charge is -2.20. The summed E-state index contributed by atoms with van der Waals surface area (Å²) in [7, 11) is 0. The maximum absolute atomic E-state index is 13.6. The fraction of sp³-hybridized carbons (Fsp3) is 0.409. The molecule has 2 fully saturated rings. The van der Waals surface area contributed by atoms with E-state index in [-0.39, 0.29) is 23.7 Å². The van der Waals surface area contributed by atoms with E-state index in [1.165, 1.54) is 12.1 Å². The van der Waals surface area contributed by atoms with Crippen molar-refractivity contribution in [1.29, 1.82) is 0 Å². The molecule has 2 aliphatic carbocycles. The highest BCUT2D eigenvalue weighted by Crippen LogP contribution is 2.61. The zero-order valence-corrected chi connectivity index (χ0v) is 16.4. The minimum absolute atomic E-state index is 0.0176. The van der Waals surface area contributed by atoms with Gasteiger partial charge in [-0.1, -0.05) is 6.92 Å². The number of amides is 1. The number of nitrogens with one attached hydrogen (secondary N) is 2. The average molecular weight is 394 g/mol. The first kappa shape index (κ1) is 18.1. The number of carbonyl (C=O) groups is 1. The molecule has 0 bridgehead atoms. The van der Waals surface area contributed by atoms with Crippen LogP contribution in [-0.2, 0) is 4.79 Å². The summed E-state index contributed by atoms with van der Waals surface area (Å²) in [6, 6.07) is 8.17. The molecule has 2 aliphatic rings. The van der Waals surface area contributed by atoms with Crippen LogP contribution in [0, 0.1) is 36.4 Å². The van der Waals surface area contributed by atoms with Crippen molar-refractivity contribution in [3.8, 4) is 5.75 Å². The van der Waals surface area contributed by atoms with Gasteiger partial charge < -0.3 is 10.1 Å². The van der Waals surface area contributed by atoms with Crippen molar-refractivity contribution in [3.63, 3.8) is 0 Å². The van der Waals surface area contributed by atoms with Crippen molar-refractivity contribution in [2.75, 3.05) is 5.32 Å². The van der Waals surface area contributed by atoms with Gasteiger partial charge in [-0.05, 0) is 61.8 Å². The number of anilines is 1. The molecule has 3 aromatic rings. The molecule has 3 unspecified atom stereocenters. The Labute approximate surface area is 167 Å². The van der Waals surface area contributed by atoms with E-state index in [0.29, 0.717) is 34.7 Å². The molecule has 2 aromatic heterocycles. The second-order valence-electron chi connectivity index (χ2n) is 8.30. The number of halogens is 1. The molecule has 150 valence electrons. The Hall–Kier alpha value is -2.96. The molecule has 0 saturated heterocycles. The van der Waals surface area contributed by atoms with Gasteiger partial charge in [-0.2, -0.15) is 5.10 Å². The van der Waals surface area contributed by atoms with Crippen LogP contribution >= 0.6 is 0 Å². The minimum atomic E-state index is -0.295. The lowest BCUT2D eigenvalue weighted by Crippen LogP contribution is -2.25. The van der Waals surface area contributed by atoms with Gasteiger partial charge in [-0.15, -0.1) is 0 Å². The third-order valence-electron chi connectivity index (χ3n) is 6.37. The van der Waals surface area contributed by atoms with E-state index in [0.717, 1.165) is 24.1 Å². The first-order valence-electron chi connectivity index (χ1n) is 10.0. The summed E-state index contributed by atoms with van der Waals surface area (Å²) in [5.74, 6) is 2.32. The minimum Gasteiger partial charge on any atom is -0.490 e. The van der Waals surface area contributed by atoms with E-state index in [4.69, 9.17) is 4.74 Å². The van der Waals surface area contributed by atoms with Crippen LogP contribution in [0.5, 0.6) is 5.75 Å². The monoisotopic (exact) mass is 394 g/mol. The lowest BCUT2D eigenvalue weighted by molar-refractivity contribution is -0.120. The number of aromatic nitrogens is 3. The van der Waals surface area contributed by atoms with Crippen molar-refractivity contribution in [2.45, 2.75) is 32.8 Å².